The second-order valence-corrected chi connectivity index (χ2v) is 4.82. The third kappa shape index (κ3) is 3.79. The second-order valence-electron chi connectivity index (χ2n) is 4.82. The van der Waals surface area contributed by atoms with Gasteiger partial charge in [0, 0.05) is 31.5 Å². The maximum atomic E-state index is 11.6. The van der Waals surface area contributed by atoms with Gasteiger partial charge in [-0.3, -0.25) is 9.78 Å². The van der Waals surface area contributed by atoms with Crippen LogP contribution in [0.3, 0.4) is 0 Å². The standard InChI is InChI=1S/C16H20N4O/c1-11(13-5-3-12(10-17)4-6-13)20-14-7-8-19-15(9-14)16(21)18-2/h3-9,11H,10,17H2,1-2H3,(H,18,21)(H,19,20). The highest BCUT2D eigenvalue weighted by Gasteiger charge is 2.08. The van der Waals surface area contributed by atoms with E-state index in [1.807, 2.05) is 18.2 Å². The number of nitrogens with two attached hydrogens (primary N) is 1. The normalized spacial score (nSPS) is 11.8. The van der Waals surface area contributed by atoms with E-state index in [-0.39, 0.29) is 11.9 Å². The van der Waals surface area contributed by atoms with Crippen molar-refractivity contribution in [3.05, 3.63) is 59.4 Å². The highest BCUT2D eigenvalue weighted by Crippen LogP contribution is 2.19. The zero-order chi connectivity index (χ0) is 15.2. The molecule has 2 rings (SSSR count). The molecule has 0 aliphatic heterocycles. The van der Waals surface area contributed by atoms with Crippen molar-refractivity contribution >= 4 is 11.6 Å². The Bertz CT molecular complexity index is 610. The van der Waals surface area contributed by atoms with Crippen LogP contribution in [0.1, 0.15) is 34.6 Å². The number of nitrogens with zero attached hydrogens (tertiary/aromatic N) is 1. The van der Waals surface area contributed by atoms with Gasteiger partial charge < -0.3 is 16.4 Å². The van der Waals surface area contributed by atoms with Crippen molar-refractivity contribution in [1.82, 2.24) is 10.3 Å². The summed E-state index contributed by atoms with van der Waals surface area (Å²) in [7, 11) is 1.59. The van der Waals surface area contributed by atoms with Gasteiger partial charge in [0.25, 0.3) is 5.91 Å². The predicted octanol–water partition coefficient (Wildman–Crippen LogP) is 2.07. The van der Waals surface area contributed by atoms with Crippen molar-refractivity contribution in [1.29, 1.82) is 0 Å². The quantitative estimate of drug-likeness (QED) is 0.785. The summed E-state index contributed by atoms with van der Waals surface area (Å²) >= 11 is 0. The van der Waals surface area contributed by atoms with Crippen molar-refractivity contribution < 1.29 is 4.79 Å². The molecule has 1 aromatic heterocycles. The van der Waals surface area contributed by atoms with Crippen LogP contribution in [0.25, 0.3) is 0 Å². The summed E-state index contributed by atoms with van der Waals surface area (Å²) in [5.74, 6) is -0.196. The minimum Gasteiger partial charge on any atom is -0.378 e. The zero-order valence-corrected chi connectivity index (χ0v) is 12.3. The lowest BCUT2D eigenvalue weighted by Gasteiger charge is -2.16. The molecule has 2 aromatic rings. The van der Waals surface area contributed by atoms with Crippen LogP contribution in [0.15, 0.2) is 42.6 Å². The van der Waals surface area contributed by atoms with Gasteiger partial charge in [0.05, 0.1) is 0 Å². The fourth-order valence-electron chi connectivity index (χ4n) is 2.05. The molecule has 0 aliphatic carbocycles. The van der Waals surface area contributed by atoms with E-state index in [0.717, 1.165) is 16.8 Å². The fraction of sp³-hybridized carbons (Fsp3) is 0.250. The van der Waals surface area contributed by atoms with Crippen LogP contribution in [-0.4, -0.2) is 17.9 Å². The van der Waals surface area contributed by atoms with Gasteiger partial charge in [-0.15, -0.1) is 0 Å². The Labute approximate surface area is 124 Å². The van der Waals surface area contributed by atoms with Crippen LogP contribution < -0.4 is 16.4 Å². The number of carbonyl (C=O) groups excluding carboxylic acids is 1. The molecule has 0 fully saturated rings. The summed E-state index contributed by atoms with van der Waals surface area (Å²) in [6.07, 6.45) is 1.62. The van der Waals surface area contributed by atoms with E-state index >= 15 is 0 Å². The molecular weight excluding hydrogens is 264 g/mol. The van der Waals surface area contributed by atoms with E-state index in [4.69, 9.17) is 5.73 Å². The van der Waals surface area contributed by atoms with Gasteiger partial charge in [0.15, 0.2) is 0 Å². The molecule has 21 heavy (non-hydrogen) atoms. The minimum atomic E-state index is -0.196. The molecule has 1 aromatic carbocycles. The molecule has 0 radical (unpaired) electrons. The lowest BCUT2D eigenvalue weighted by Crippen LogP contribution is -2.19. The third-order valence-electron chi connectivity index (χ3n) is 3.32. The Morgan fingerprint density at radius 2 is 2.00 bits per heavy atom. The summed E-state index contributed by atoms with van der Waals surface area (Å²) in [4.78, 5) is 15.6. The van der Waals surface area contributed by atoms with Gasteiger partial charge in [-0.05, 0) is 30.2 Å². The second kappa shape index (κ2) is 6.85. The first-order valence-electron chi connectivity index (χ1n) is 6.87. The zero-order valence-electron chi connectivity index (χ0n) is 12.3. The molecule has 0 spiro atoms. The molecule has 5 heteroatoms. The molecule has 110 valence electrons. The van der Waals surface area contributed by atoms with Gasteiger partial charge >= 0.3 is 0 Å². The van der Waals surface area contributed by atoms with E-state index < -0.39 is 0 Å². The van der Waals surface area contributed by atoms with E-state index in [2.05, 4.69) is 34.7 Å². The summed E-state index contributed by atoms with van der Waals surface area (Å²) in [6, 6.07) is 11.9. The van der Waals surface area contributed by atoms with Crippen molar-refractivity contribution in [2.75, 3.05) is 12.4 Å². The molecule has 0 bridgehead atoms. The molecule has 0 saturated carbocycles. The summed E-state index contributed by atoms with van der Waals surface area (Å²) in [5, 5.41) is 5.93. The number of benzene rings is 1. The molecule has 1 amide bonds. The van der Waals surface area contributed by atoms with Gasteiger partial charge in [-0.1, -0.05) is 24.3 Å². The molecule has 0 aliphatic rings. The number of amides is 1. The number of aromatic nitrogens is 1. The maximum absolute atomic E-state index is 11.6. The third-order valence-corrected chi connectivity index (χ3v) is 3.32. The van der Waals surface area contributed by atoms with Crippen LogP contribution in [-0.2, 0) is 6.54 Å². The summed E-state index contributed by atoms with van der Waals surface area (Å²) in [6.45, 7) is 2.61. The Kier molecular flexibility index (Phi) is 4.90. The SMILES string of the molecule is CNC(=O)c1cc(NC(C)c2ccc(CN)cc2)ccn1. The highest BCUT2D eigenvalue weighted by atomic mass is 16.1. The fourth-order valence-corrected chi connectivity index (χ4v) is 2.05. The van der Waals surface area contributed by atoms with Gasteiger partial charge in [0.1, 0.15) is 5.69 Å². The van der Waals surface area contributed by atoms with Crippen molar-refractivity contribution in [3.8, 4) is 0 Å². The molecule has 4 N–H and O–H groups in total. The number of hydrogen-bond donors (Lipinski definition) is 3. The Hall–Kier alpha value is -2.40. The minimum absolute atomic E-state index is 0.122. The first-order valence-corrected chi connectivity index (χ1v) is 6.87. The van der Waals surface area contributed by atoms with Gasteiger partial charge in [-0.2, -0.15) is 0 Å². The predicted molar refractivity (Wildman–Crippen MR) is 84.0 cm³/mol. The number of nitrogens with one attached hydrogen (secondary N) is 2. The van der Waals surface area contributed by atoms with Crippen molar-refractivity contribution in [2.24, 2.45) is 5.73 Å². The van der Waals surface area contributed by atoms with E-state index in [1.54, 1.807) is 19.3 Å². The topological polar surface area (TPSA) is 80.0 Å². The Balaban J connectivity index is 2.11. The number of rotatable bonds is 5. The number of anilines is 1. The van der Waals surface area contributed by atoms with E-state index in [9.17, 15) is 4.79 Å². The monoisotopic (exact) mass is 284 g/mol. The Morgan fingerprint density at radius 1 is 1.29 bits per heavy atom. The van der Waals surface area contributed by atoms with Gasteiger partial charge in [0.2, 0.25) is 0 Å². The number of carbonyl (C=O) groups is 1. The summed E-state index contributed by atoms with van der Waals surface area (Å²) in [5.41, 5.74) is 9.12. The van der Waals surface area contributed by atoms with Crippen LogP contribution >= 0.6 is 0 Å². The van der Waals surface area contributed by atoms with Crippen LogP contribution in [0.4, 0.5) is 5.69 Å². The van der Waals surface area contributed by atoms with E-state index in [0.29, 0.717) is 12.2 Å². The first kappa shape index (κ1) is 15.0. The highest BCUT2D eigenvalue weighted by molar-refractivity contribution is 5.92. The summed E-state index contributed by atoms with van der Waals surface area (Å²) < 4.78 is 0. The van der Waals surface area contributed by atoms with Gasteiger partial charge in [-0.25, -0.2) is 0 Å². The first-order chi connectivity index (χ1) is 10.1. The molecule has 5 nitrogen and oxygen atoms in total. The average molecular weight is 284 g/mol. The molecule has 0 saturated heterocycles. The maximum Gasteiger partial charge on any atom is 0.269 e. The lowest BCUT2D eigenvalue weighted by molar-refractivity contribution is 0.0958. The van der Waals surface area contributed by atoms with Crippen molar-refractivity contribution in [2.45, 2.75) is 19.5 Å². The number of hydrogen-bond acceptors (Lipinski definition) is 4. The van der Waals surface area contributed by atoms with Crippen LogP contribution in [0.2, 0.25) is 0 Å². The molecule has 1 heterocycles. The van der Waals surface area contributed by atoms with Crippen molar-refractivity contribution in [3.63, 3.8) is 0 Å². The molecule has 1 atom stereocenters. The smallest absolute Gasteiger partial charge is 0.269 e. The average Bonchev–Trinajstić information content (AvgIpc) is 2.54. The number of pyridine rings is 1. The molecule has 1 unspecified atom stereocenters. The van der Waals surface area contributed by atoms with E-state index in [1.165, 1.54) is 0 Å². The largest absolute Gasteiger partial charge is 0.378 e. The van der Waals surface area contributed by atoms with Crippen LogP contribution in [0, 0.1) is 0 Å². The molecular formula is C16H20N4O. The Morgan fingerprint density at radius 3 is 2.62 bits per heavy atom. The van der Waals surface area contributed by atoms with Crippen LogP contribution in [0.5, 0.6) is 0 Å². The lowest BCUT2D eigenvalue weighted by atomic mass is 10.1.